The maximum Gasteiger partial charge on any atom is 0.279 e. The zero-order valence-electron chi connectivity index (χ0n) is 13.0. The van der Waals surface area contributed by atoms with Gasteiger partial charge >= 0.3 is 0 Å². The fourth-order valence-corrected chi connectivity index (χ4v) is 2.82. The molecule has 0 spiro atoms. The van der Waals surface area contributed by atoms with Gasteiger partial charge in [-0.15, -0.1) is 0 Å². The van der Waals surface area contributed by atoms with Crippen LogP contribution in [0.2, 0.25) is 5.02 Å². The number of carbonyl (C=O) groups excluding carboxylic acids is 1. The molecule has 0 unspecified atom stereocenters. The summed E-state index contributed by atoms with van der Waals surface area (Å²) in [6.45, 7) is 2.40. The van der Waals surface area contributed by atoms with E-state index in [1.165, 1.54) is 0 Å². The molecule has 1 atom stereocenters. The lowest BCUT2D eigenvalue weighted by molar-refractivity contribution is -0.682. The maximum absolute atomic E-state index is 12.0. The zero-order chi connectivity index (χ0) is 16.8. The Labute approximate surface area is 149 Å². The minimum Gasteiger partial charge on any atom is -0.496 e. The Morgan fingerprint density at radius 3 is 2.61 bits per heavy atom. The van der Waals surface area contributed by atoms with E-state index in [0.29, 0.717) is 11.6 Å². The Bertz CT molecular complexity index is 677. The topological polar surface area (TPSA) is 54.9 Å². The van der Waals surface area contributed by atoms with Crippen LogP contribution in [0.15, 0.2) is 46.9 Å². The molecule has 0 bridgehead atoms. The van der Waals surface area contributed by atoms with Crippen LogP contribution in [0.3, 0.4) is 0 Å². The van der Waals surface area contributed by atoms with Crippen LogP contribution in [0, 0.1) is 0 Å². The summed E-state index contributed by atoms with van der Waals surface area (Å²) in [5, 5.41) is 5.48. The molecule has 2 rings (SSSR count). The summed E-state index contributed by atoms with van der Waals surface area (Å²) in [5.74, 6) is 0.744. The second-order valence-electron chi connectivity index (χ2n) is 5.18. The number of ether oxygens (including phenoxy) is 1. The largest absolute Gasteiger partial charge is 0.496 e. The van der Waals surface area contributed by atoms with Crippen molar-refractivity contribution in [3.63, 3.8) is 0 Å². The van der Waals surface area contributed by atoms with Crippen molar-refractivity contribution in [2.45, 2.75) is 13.0 Å². The summed E-state index contributed by atoms with van der Waals surface area (Å²) in [4.78, 5) is 12.0. The molecule has 0 aromatic heterocycles. The first-order valence-corrected chi connectivity index (χ1v) is 8.39. The van der Waals surface area contributed by atoms with Crippen molar-refractivity contribution in [2.75, 3.05) is 19.0 Å². The summed E-state index contributed by atoms with van der Waals surface area (Å²) in [6.07, 6.45) is 0. The lowest BCUT2D eigenvalue weighted by Gasteiger charge is -2.13. The van der Waals surface area contributed by atoms with Gasteiger partial charge in [-0.2, -0.15) is 0 Å². The fraction of sp³-hybridized carbons (Fsp3) is 0.235. The maximum atomic E-state index is 12.0. The molecule has 2 aromatic rings. The lowest BCUT2D eigenvalue weighted by Crippen LogP contribution is -2.86. The van der Waals surface area contributed by atoms with E-state index in [1.54, 1.807) is 31.4 Å². The molecular formula is C17H19BrClN2O2+. The van der Waals surface area contributed by atoms with Crippen molar-refractivity contribution in [2.24, 2.45) is 0 Å². The molecular weight excluding hydrogens is 380 g/mol. The molecule has 0 aliphatic carbocycles. The summed E-state index contributed by atoms with van der Waals surface area (Å²) < 4.78 is 6.13. The number of carbonyl (C=O) groups is 1. The van der Waals surface area contributed by atoms with E-state index in [2.05, 4.69) is 28.2 Å². The highest BCUT2D eigenvalue weighted by molar-refractivity contribution is 9.10. The minimum atomic E-state index is -0.0493. The number of benzene rings is 2. The molecule has 0 saturated heterocycles. The van der Waals surface area contributed by atoms with Gasteiger partial charge in [-0.25, -0.2) is 0 Å². The molecule has 23 heavy (non-hydrogen) atoms. The first-order valence-electron chi connectivity index (χ1n) is 7.22. The van der Waals surface area contributed by atoms with E-state index < -0.39 is 0 Å². The predicted octanol–water partition coefficient (Wildman–Crippen LogP) is 3.37. The highest BCUT2D eigenvalue weighted by Crippen LogP contribution is 2.27. The molecule has 6 heteroatoms. The van der Waals surface area contributed by atoms with E-state index >= 15 is 0 Å². The van der Waals surface area contributed by atoms with Crippen LogP contribution in [0.5, 0.6) is 5.75 Å². The molecule has 2 aromatic carbocycles. The monoisotopic (exact) mass is 397 g/mol. The number of nitrogens with two attached hydrogens (primary N) is 1. The van der Waals surface area contributed by atoms with Gasteiger partial charge < -0.3 is 15.4 Å². The second-order valence-corrected chi connectivity index (χ2v) is 6.47. The number of rotatable bonds is 6. The summed E-state index contributed by atoms with van der Waals surface area (Å²) in [5.41, 5.74) is 1.87. The smallest absolute Gasteiger partial charge is 0.279 e. The molecule has 0 radical (unpaired) electrons. The zero-order valence-corrected chi connectivity index (χ0v) is 15.3. The van der Waals surface area contributed by atoms with Gasteiger partial charge in [-0.1, -0.05) is 11.6 Å². The van der Waals surface area contributed by atoms with Gasteiger partial charge in [0.15, 0.2) is 6.54 Å². The number of methoxy groups -OCH3 is 1. The Morgan fingerprint density at radius 2 is 2.00 bits per heavy atom. The standard InChI is InChI=1S/C17H18BrClN2O2/c1-11(12-3-8-16(23-2)15(18)9-12)20-10-17(22)21-14-6-4-13(19)5-7-14/h3-9,11,20H,10H2,1-2H3,(H,21,22)/p+1/t11-/m1/s1. The minimum absolute atomic E-state index is 0.0493. The van der Waals surface area contributed by atoms with Gasteiger partial charge in [-0.3, -0.25) is 4.79 Å². The van der Waals surface area contributed by atoms with Crippen molar-refractivity contribution in [1.82, 2.24) is 0 Å². The summed E-state index contributed by atoms with van der Waals surface area (Å²) >= 11 is 9.30. The molecule has 0 aliphatic rings. The first-order chi connectivity index (χ1) is 11.0. The van der Waals surface area contributed by atoms with Crippen LogP contribution in [-0.2, 0) is 4.79 Å². The van der Waals surface area contributed by atoms with E-state index in [-0.39, 0.29) is 11.9 Å². The van der Waals surface area contributed by atoms with Crippen LogP contribution in [0.1, 0.15) is 18.5 Å². The number of halogens is 2. The Morgan fingerprint density at radius 1 is 1.30 bits per heavy atom. The van der Waals surface area contributed by atoms with Crippen molar-refractivity contribution in [1.29, 1.82) is 0 Å². The third-order valence-electron chi connectivity index (χ3n) is 3.49. The SMILES string of the molecule is COc1ccc([C@@H](C)[NH2+]CC(=O)Nc2ccc(Cl)cc2)cc1Br. The molecule has 0 aliphatic heterocycles. The molecule has 4 nitrogen and oxygen atoms in total. The molecule has 0 saturated carbocycles. The third kappa shape index (κ3) is 5.23. The average molecular weight is 399 g/mol. The first kappa shape index (κ1) is 17.8. The van der Waals surface area contributed by atoms with Crippen LogP contribution in [0.25, 0.3) is 0 Å². The van der Waals surface area contributed by atoms with Crippen LogP contribution in [0.4, 0.5) is 5.69 Å². The third-order valence-corrected chi connectivity index (χ3v) is 4.36. The molecule has 0 fully saturated rings. The number of quaternary nitrogens is 1. The van der Waals surface area contributed by atoms with Crippen LogP contribution >= 0.6 is 27.5 Å². The number of amides is 1. The Balaban J connectivity index is 1.88. The Hall–Kier alpha value is -1.56. The highest BCUT2D eigenvalue weighted by Gasteiger charge is 2.13. The van der Waals surface area contributed by atoms with Crippen molar-refractivity contribution >= 4 is 39.1 Å². The predicted molar refractivity (Wildman–Crippen MR) is 96.0 cm³/mol. The van der Waals surface area contributed by atoms with Gasteiger partial charge in [0.05, 0.1) is 11.6 Å². The van der Waals surface area contributed by atoms with E-state index in [0.717, 1.165) is 21.5 Å². The van der Waals surface area contributed by atoms with E-state index in [1.807, 2.05) is 23.5 Å². The van der Waals surface area contributed by atoms with Crippen molar-refractivity contribution in [3.8, 4) is 5.75 Å². The quantitative estimate of drug-likeness (QED) is 0.784. The molecule has 0 heterocycles. The average Bonchev–Trinajstić information content (AvgIpc) is 2.54. The van der Waals surface area contributed by atoms with E-state index in [9.17, 15) is 4.79 Å². The summed E-state index contributed by atoms with van der Waals surface area (Å²) in [6, 6.07) is 13.1. The normalized spacial score (nSPS) is 11.8. The number of nitrogens with one attached hydrogen (secondary N) is 1. The number of hydrogen-bond acceptors (Lipinski definition) is 2. The van der Waals surface area contributed by atoms with E-state index in [4.69, 9.17) is 16.3 Å². The number of anilines is 1. The van der Waals surface area contributed by atoms with Gasteiger partial charge in [0, 0.05) is 16.3 Å². The lowest BCUT2D eigenvalue weighted by atomic mass is 10.1. The summed E-state index contributed by atoms with van der Waals surface area (Å²) in [7, 11) is 1.64. The molecule has 122 valence electrons. The highest BCUT2D eigenvalue weighted by atomic mass is 79.9. The van der Waals surface area contributed by atoms with Crippen LogP contribution < -0.4 is 15.4 Å². The van der Waals surface area contributed by atoms with Crippen molar-refractivity contribution < 1.29 is 14.8 Å². The van der Waals surface area contributed by atoms with Crippen molar-refractivity contribution in [3.05, 3.63) is 57.5 Å². The van der Waals surface area contributed by atoms with Gasteiger partial charge in [0.2, 0.25) is 0 Å². The van der Waals surface area contributed by atoms with Gasteiger partial charge in [0.25, 0.3) is 5.91 Å². The second kappa shape index (κ2) is 8.34. The van der Waals surface area contributed by atoms with Gasteiger partial charge in [0.1, 0.15) is 11.8 Å². The number of hydrogen-bond donors (Lipinski definition) is 2. The van der Waals surface area contributed by atoms with Gasteiger partial charge in [-0.05, 0) is 65.3 Å². The van der Waals surface area contributed by atoms with Crippen LogP contribution in [-0.4, -0.2) is 19.6 Å². The fourth-order valence-electron chi connectivity index (χ4n) is 2.13. The molecule has 3 N–H and O–H groups in total. The Kier molecular flexibility index (Phi) is 6.45. The molecule has 1 amide bonds.